The maximum atomic E-state index is 14.3. The van der Waals surface area contributed by atoms with E-state index in [0.29, 0.717) is 19.5 Å². The van der Waals surface area contributed by atoms with Crippen LogP contribution >= 0.6 is 0 Å². The molecule has 230 valence electrons. The van der Waals surface area contributed by atoms with Crippen molar-refractivity contribution in [2.45, 2.75) is 44.7 Å². The number of hydrogen-bond donors (Lipinski definition) is 2. The fourth-order valence-electron chi connectivity index (χ4n) is 6.15. The number of carbonyl (C=O) groups is 3. The minimum atomic E-state index is -0.850. The Balaban J connectivity index is 1.33. The van der Waals surface area contributed by atoms with Gasteiger partial charge in [0.25, 0.3) is 0 Å². The highest BCUT2D eigenvalue weighted by molar-refractivity contribution is 5.92. The molecule has 11 heteroatoms. The minimum Gasteiger partial charge on any atom is -0.508 e. The van der Waals surface area contributed by atoms with Crippen LogP contribution in [0.2, 0.25) is 0 Å². The molecule has 6 rings (SSSR count). The normalized spacial score (nSPS) is 18.6. The lowest BCUT2D eigenvalue weighted by molar-refractivity contribution is -0.187. The molecular formula is C34H35N7O4. The van der Waals surface area contributed by atoms with Gasteiger partial charge < -0.3 is 20.2 Å². The van der Waals surface area contributed by atoms with Crippen LogP contribution in [0.25, 0.3) is 10.9 Å². The summed E-state index contributed by atoms with van der Waals surface area (Å²) in [4.78, 5) is 44.9. The molecule has 3 aromatic carbocycles. The van der Waals surface area contributed by atoms with Gasteiger partial charge in [-0.15, -0.1) is 12.3 Å². The molecule has 45 heavy (non-hydrogen) atoms. The Morgan fingerprint density at radius 2 is 1.82 bits per heavy atom. The van der Waals surface area contributed by atoms with E-state index in [2.05, 4.69) is 16.3 Å². The number of hydrogen-bond acceptors (Lipinski definition) is 6. The lowest BCUT2D eigenvalue weighted by Crippen LogP contribution is -2.76. The molecule has 4 amide bonds. The first kappa shape index (κ1) is 29.7. The number of nitrogens with zero attached hydrogens (tertiary/aromatic N) is 6. The number of urea groups is 1. The minimum absolute atomic E-state index is 0.0508. The van der Waals surface area contributed by atoms with Crippen molar-refractivity contribution in [3.8, 4) is 18.1 Å². The number of likely N-dealkylation sites (N-methyl/N-ethyl adjacent to an activating group) is 1. The molecule has 0 aliphatic carbocycles. The molecule has 0 radical (unpaired) electrons. The van der Waals surface area contributed by atoms with Crippen LogP contribution in [0.4, 0.5) is 4.79 Å². The Hall–Kier alpha value is -5.34. The Kier molecular flexibility index (Phi) is 8.40. The van der Waals surface area contributed by atoms with E-state index in [0.717, 1.165) is 27.6 Å². The number of amides is 4. The third-order valence-corrected chi connectivity index (χ3v) is 8.33. The van der Waals surface area contributed by atoms with E-state index in [9.17, 15) is 19.5 Å². The van der Waals surface area contributed by atoms with Gasteiger partial charge in [-0.3, -0.25) is 14.3 Å². The first-order valence-electron chi connectivity index (χ1n) is 14.9. The average molecular weight is 606 g/mol. The highest BCUT2D eigenvalue weighted by Gasteiger charge is 2.50. The van der Waals surface area contributed by atoms with Crippen molar-refractivity contribution in [3.63, 3.8) is 0 Å². The molecule has 2 atom stereocenters. The van der Waals surface area contributed by atoms with Crippen LogP contribution < -0.4 is 5.32 Å². The maximum Gasteiger partial charge on any atom is 0.334 e. The maximum absolute atomic E-state index is 14.3. The molecule has 3 heterocycles. The van der Waals surface area contributed by atoms with E-state index in [1.807, 2.05) is 59.4 Å². The molecule has 2 N–H and O–H groups in total. The average Bonchev–Trinajstić information content (AvgIpc) is 3.46. The van der Waals surface area contributed by atoms with E-state index in [4.69, 9.17) is 6.42 Å². The van der Waals surface area contributed by atoms with E-state index >= 15 is 0 Å². The van der Waals surface area contributed by atoms with Gasteiger partial charge in [0.2, 0.25) is 11.8 Å². The van der Waals surface area contributed by atoms with Gasteiger partial charge in [0.1, 0.15) is 18.0 Å². The number of phenolic OH excluding ortho intramolecular Hbond substituents is 1. The zero-order valence-electron chi connectivity index (χ0n) is 25.0. The summed E-state index contributed by atoms with van der Waals surface area (Å²) in [7, 11) is 1.71. The predicted octanol–water partition coefficient (Wildman–Crippen LogP) is 2.95. The third kappa shape index (κ3) is 6.18. The monoisotopic (exact) mass is 605 g/mol. The van der Waals surface area contributed by atoms with Crippen LogP contribution in [0.1, 0.15) is 23.1 Å². The Morgan fingerprint density at radius 1 is 1.04 bits per heavy atom. The van der Waals surface area contributed by atoms with Crippen molar-refractivity contribution in [1.82, 2.24) is 34.9 Å². The van der Waals surface area contributed by atoms with Crippen molar-refractivity contribution in [2.24, 2.45) is 0 Å². The van der Waals surface area contributed by atoms with Crippen molar-refractivity contribution >= 4 is 28.7 Å². The van der Waals surface area contributed by atoms with Crippen molar-refractivity contribution in [3.05, 3.63) is 95.7 Å². The van der Waals surface area contributed by atoms with Gasteiger partial charge >= 0.3 is 6.03 Å². The van der Waals surface area contributed by atoms with Crippen LogP contribution in [-0.4, -0.2) is 84.9 Å². The number of piperazine rings is 1. The van der Waals surface area contributed by atoms with Crippen LogP contribution in [0.3, 0.4) is 0 Å². The van der Waals surface area contributed by atoms with Crippen molar-refractivity contribution in [2.75, 3.05) is 20.1 Å². The van der Waals surface area contributed by atoms with Gasteiger partial charge in [-0.05, 0) is 34.9 Å². The Labute approximate surface area is 261 Å². The number of benzene rings is 3. The standard InChI is InChI=1S/C34H35N7O4/c1-3-4-17-39-21-28-26(11-8-12-29(28)36-39)20-38-22-31-40(30(33(38)44)18-24-13-15-27(42)16-14-24)32(43)23-37(2)41(31)34(45)35-19-25-9-6-5-7-10-25/h1,5-16,21,30-31,42H,4,17-20,22-23H2,2H3,(H,35,45)/t30-,31-/m0/s1. The molecule has 11 nitrogen and oxygen atoms in total. The number of aryl methyl sites for hydroxylation is 1. The fourth-order valence-corrected chi connectivity index (χ4v) is 6.15. The highest BCUT2D eigenvalue weighted by Crippen LogP contribution is 2.30. The zero-order chi connectivity index (χ0) is 31.5. The zero-order valence-corrected chi connectivity index (χ0v) is 25.0. The van der Waals surface area contributed by atoms with Gasteiger partial charge in [-0.1, -0.05) is 54.6 Å². The molecular weight excluding hydrogens is 570 g/mol. The van der Waals surface area contributed by atoms with Crippen LogP contribution in [0, 0.1) is 12.3 Å². The molecule has 2 saturated heterocycles. The van der Waals surface area contributed by atoms with Crippen LogP contribution in [0.5, 0.6) is 5.75 Å². The summed E-state index contributed by atoms with van der Waals surface area (Å²) in [6, 6.07) is 20.8. The van der Waals surface area contributed by atoms with Crippen molar-refractivity contribution < 1.29 is 19.5 Å². The number of rotatable bonds is 8. The van der Waals surface area contributed by atoms with Crippen molar-refractivity contribution in [1.29, 1.82) is 0 Å². The molecule has 0 saturated carbocycles. The number of carbonyl (C=O) groups excluding carboxylic acids is 3. The lowest BCUT2D eigenvalue weighted by Gasteiger charge is -2.54. The molecule has 4 aromatic rings. The first-order chi connectivity index (χ1) is 21.8. The number of aromatic nitrogens is 2. The number of hydrazine groups is 1. The molecule has 1 aromatic heterocycles. The van der Waals surface area contributed by atoms with Gasteiger partial charge in [0, 0.05) is 44.6 Å². The number of terminal acetylenes is 1. The Bertz CT molecular complexity index is 1750. The number of nitrogens with one attached hydrogen (secondary N) is 1. The van der Waals surface area contributed by atoms with E-state index in [1.165, 1.54) is 0 Å². The van der Waals surface area contributed by atoms with E-state index in [-0.39, 0.29) is 49.7 Å². The lowest BCUT2D eigenvalue weighted by atomic mass is 9.98. The molecule has 0 spiro atoms. The number of fused-ring (bicyclic) bond motifs is 2. The third-order valence-electron chi connectivity index (χ3n) is 8.33. The molecule has 0 unspecified atom stereocenters. The fraction of sp³-hybridized carbons (Fsp3) is 0.294. The summed E-state index contributed by atoms with van der Waals surface area (Å²) in [5.41, 5.74) is 3.43. The number of phenols is 1. The second-order valence-electron chi connectivity index (χ2n) is 11.4. The second kappa shape index (κ2) is 12.7. The highest BCUT2D eigenvalue weighted by atomic mass is 16.3. The SMILES string of the molecule is C#CCCn1cc2c(CN3C[C@H]4N(C(=O)CN(C)N4C(=O)NCc4ccccc4)[C@@H](Cc4ccc(O)cc4)C3=O)cccc2n1. The van der Waals surface area contributed by atoms with E-state index < -0.39 is 12.2 Å². The quantitative estimate of drug-likeness (QED) is 0.299. The summed E-state index contributed by atoms with van der Waals surface area (Å²) < 4.78 is 1.81. The predicted molar refractivity (Wildman–Crippen MR) is 168 cm³/mol. The van der Waals surface area contributed by atoms with Gasteiger partial charge in [-0.25, -0.2) is 14.8 Å². The largest absolute Gasteiger partial charge is 0.508 e. The molecule has 2 aliphatic heterocycles. The van der Waals surface area contributed by atoms with Gasteiger partial charge in [-0.2, -0.15) is 5.10 Å². The Morgan fingerprint density at radius 3 is 2.58 bits per heavy atom. The summed E-state index contributed by atoms with van der Waals surface area (Å²) >= 11 is 0. The van der Waals surface area contributed by atoms with Gasteiger partial charge in [0.05, 0.1) is 25.2 Å². The van der Waals surface area contributed by atoms with Gasteiger partial charge in [0.15, 0.2) is 0 Å². The first-order valence-corrected chi connectivity index (χ1v) is 14.9. The van der Waals surface area contributed by atoms with Crippen LogP contribution in [0.15, 0.2) is 79.0 Å². The van der Waals surface area contributed by atoms with Crippen LogP contribution in [-0.2, 0) is 35.6 Å². The van der Waals surface area contributed by atoms with E-state index in [1.54, 1.807) is 51.1 Å². The summed E-state index contributed by atoms with van der Waals surface area (Å²) in [5.74, 6) is 2.31. The summed E-state index contributed by atoms with van der Waals surface area (Å²) in [6.07, 6.45) is 7.45. The smallest absolute Gasteiger partial charge is 0.334 e. The topological polar surface area (TPSA) is 114 Å². The molecule has 2 aliphatic rings. The molecule has 2 fully saturated rings. The summed E-state index contributed by atoms with van der Waals surface area (Å²) in [5, 5.41) is 21.5. The molecule has 0 bridgehead atoms. The number of aromatic hydroxyl groups is 1. The summed E-state index contributed by atoms with van der Waals surface area (Å²) in [6.45, 7) is 1.24. The second-order valence-corrected chi connectivity index (χ2v) is 11.4.